The summed E-state index contributed by atoms with van der Waals surface area (Å²) in [6.45, 7) is 8.74. The number of benzene rings is 1. The van der Waals surface area contributed by atoms with Gasteiger partial charge in [-0.05, 0) is 24.8 Å². The van der Waals surface area contributed by atoms with E-state index < -0.39 is 0 Å². The normalized spacial score (nSPS) is 19.4. The highest BCUT2D eigenvalue weighted by Gasteiger charge is 2.23. The quantitative estimate of drug-likeness (QED) is 0.834. The molecule has 21 heavy (non-hydrogen) atoms. The van der Waals surface area contributed by atoms with E-state index in [-0.39, 0.29) is 0 Å². The lowest BCUT2D eigenvalue weighted by Crippen LogP contribution is -2.37. The lowest BCUT2D eigenvalue weighted by molar-refractivity contribution is -0.00594. The van der Waals surface area contributed by atoms with Crippen LogP contribution in [0, 0.1) is 5.92 Å². The molecule has 0 bridgehead atoms. The van der Waals surface area contributed by atoms with Gasteiger partial charge in [-0.25, -0.2) is 0 Å². The van der Waals surface area contributed by atoms with Crippen molar-refractivity contribution >= 4 is 0 Å². The van der Waals surface area contributed by atoms with Crippen molar-refractivity contribution in [2.45, 2.75) is 39.3 Å². The molecule has 1 aromatic rings. The summed E-state index contributed by atoms with van der Waals surface area (Å²) in [4.78, 5) is 2.48. The Morgan fingerprint density at radius 1 is 1.24 bits per heavy atom. The van der Waals surface area contributed by atoms with Crippen molar-refractivity contribution < 1.29 is 14.2 Å². The van der Waals surface area contributed by atoms with Crippen LogP contribution in [0.3, 0.4) is 0 Å². The number of hydrogen-bond acceptors (Lipinski definition) is 4. The average Bonchev–Trinajstić information content (AvgIpc) is 2.96. The summed E-state index contributed by atoms with van der Waals surface area (Å²) in [7, 11) is 0. The van der Waals surface area contributed by atoms with Gasteiger partial charge in [0.05, 0.1) is 6.10 Å². The Kier molecular flexibility index (Phi) is 4.66. The van der Waals surface area contributed by atoms with Gasteiger partial charge in [0.2, 0.25) is 6.79 Å². The zero-order valence-corrected chi connectivity index (χ0v) is 13.0. The van der Waals surface area contributed by atoms with E-state index in [0.717, 1.165) is 50.6 Å². The standard InChI is InChI=1S/C17H25NO3/c1-13(2)11-19-15-6-8-18(9-7-15)10-14-4-3-5-16-17(14)21-12-20-16/h3-5,13,15H,6-12H2,1-2H3. The number of piperidine rings is 1. The highest BCUT2D eigenvalue weighted by molar-refractivity contribution is 5.48. The first-order chi connectivity index (χ1) is 10.2. The van der Waals surface area contributed by atoms with Crippen LogP contribution in [-0.2, 0) is 11.3 Å². The maximum Gasteiger partial charge on any atom is 0.231 e. The Balaban J connectivity index is 1.51. The molecule has 0 N–H and O–H groups in total. The molecule has 0 saturated carbocycles. The molecule has 0 spiro atoms. The summed E-state index contributed by atoms with van der Waals surface area (Å²) in [5, 5.41) is 0. The molecule has 0 aromatic heterocycles. The minimum atomic E-state index is 0.345. The fraction of sp³-hybridized carbons (Fsp3) is 0.647. The Bertz CT molecular complexity index is 467. The fourth-order valence-corrected chi connectivity index (χ4v) is 2.92. The number of rotatable bonds is 5. The first-order valence-corrected chi connectivity index (χ1v) is 7.94. The summed E-state index contributed by atoms with van der Waals surface area (Å²) in [6.07, 6.45) is 2.68. The van der Waals surface area contributed by atoms with Crippen LogP contribution < -0.4 is 9.47 Å². The highest BCUT2D eigenvalue weighted by atomic mass is 16.7. The molecule has 2 aliphatic heterocycles. The molecule has 0 atom stereocenters. The smallest absolute Gasteiger partial charge is 0.231 e. The monoisotopic (exact) mass is 291 g/mol. The maximum atomic E-state index is 5.95. The first kappa shape index (κ1) is 14.7. The SMILES string of the molecule is CC(C)COC1CCN(Cc2cccc3c2OCO3)CC1. The predicted octanol–water partition coefficient (Wildman–Crippen LogP) is 3.05. The lowest BCUT2D eigenvalue weighted by Gasteiger charge is -2.32. The first-order valence-electron chi connectivity index (χ1n) is 7.94. The van der Waals surface area contributed by atoms with Gasteiger partial charge in [0.25, 0.3) is 0 Å². The van der Waals surface area contributed by atoms with Gasteiger partial charge < -0.3 is 14.2 Å². The van der Waals surface area contributed by atoms with Crippen LogP contribution in [0.1, 0.15) is 32.3 Å². The Labute approximate surface area is 127 Å². The van der Waals surface area contributed by atoms with Gasteiger partial charge in [-0.2, -0.15) is 0 Å². The van der Waals surface area contributed by atoms with E-state index >= 15 is 0 Å². The molecule has 3 rings (SSSR count). The third-order valence-corrected chi connectivity index (χ3v) is 4.07. The molecule has 116 valence electrons. The molecular weight excluding hydrogens is 266 g/mol. The molecule has 1 saturated heterocycles. The minimum absolute atomic E-state index is 0.345. The van der Waals surface area contributed by atoms with Gasteiger partial charge >= 0.3 is 0 Å². The summed E-state index contributed by atoms with van der Waals surface area (Å²) < 4.78 is 17.0. The number of fused-ring (bicyclic) bond motifs is 1. The lowest BCUT2D eigenvalue weighted by atomic mass is 10.1. The third-order valence-electron chi connectivity index (χ3n) is 4.07. The number of nitrogens with zero attached hydrogens (tertiary/aromatic N) is 1. The molecule has 2 aliphatic rings. The van der Waals surface area contributed by atoms with Gasteiger partial charge in [0.15, 0.2) is 11.5 Å². The van der Waals surface area contributed by atoms with E-state index in [1.165, 1.54) is 5.56 Å². The van der Waals surface area contributed by atoms with Gasteiger partial charge in [-0.1, -0.05) is 26.0 Å². The average molecular weight is 291 g/mol. The van der Waals surface area contributed by atoms with Crippen LogP contribution in [0.15, 0.2) is 18.2 Å². The van der Waals surface area contributed by atoms with E-state index in [1.54, 1.807) is 0 Å². The summed E-state index contributed by atoms with van der Waals surface area (Å²) in [6, 6.07) is 6.15. The van der Waals surface area contributed by atoms with Crippen LogP contribution in [0.5, 0.6) is 11.5 Å². The van der Waals surface area contributed by atoms with Crippen molar-refractivity contribution in [2.24, 2.45) is 5.92 Å². The van der Waals surface area contributed by atoms with Crippen molar-refractivity contribution in [3.8, 4) is 11.5 Å². The molecule has 1 fully saturated rings. The molecule has 0 aliphatic carbocycles. The second-order valence-corrected chi connectivity index (χ2v) is 6.35. The summed E-state index contributed by atoms with van der Waals surface area (Å²) in [5.74, 6) is 2.42. The Morgan fingerprint density at radius 2 is 2.05 bits per heavy atom. The topological polar surface area (TPSA) is 30.9 Å². The Hall–Kier alpha value is -1.26. The zero-order chi connectivity index (χ0) is 14.7. The predicted molar refractivity (Wildman–Crippen MR) is 81.7 cm³/mol. The molecule has 4 heteroatoms. The zero-order valence-electron chi connectivity index (χ0n) is 13.0. The van der Waals surface area contributed by atoms with Crippen LogP contribution in [0.4, 0.5) is 0 Å². The van der Waals surface area contributed by atoms with Crippen LogP contribution in [0.25, 0.3) is 0 Å². The van der Waals surface area contributed by atoms with Gasteiger partial charge in [0, 0.05) is 31.8 Å². The highest BCUT2D eigenvalue weighted by Crippen LogP contribution is 2.36. The van der Waals surface area contributed by atoms with Crippen LogP contribution in [-0.4, -0.2) is 37.5 Å². The Morgan fingerprint density at radius 3 is 2.81 bits per heavy atom. The van der Waals surface area contributed by atoms with E-state index in [9.17, 15) is 0 Å². The van der Waals surface area contributed by atoms with Crippen molar-refractivity contribution in [2.75, 3.05) is 26.5 Å². The number of hydrogen-bond donors (Lipinski definition) is 0. The molecule has 4 nitrogen and oxygen atoms in total. The second-order valence-electron chi connectivity index (χ2n) is 6.35. The molecular formula is C17H25NO3. The van der Waals surface area contributed by atoms with E-state index in [0.29, 0.717) is 18.8 Å². The third kappa shape index (κ3) is 3.69. The van der Waals surface area contributed by atoms with Gasteiger partial charge in [-0.3, -0.25) is 4.90 Å². The molecule has 0 amide bonds. The molecule has 0 radical (unpaired) electrons. The summed E-state index contributed by atoms with van der Waals surface area (Å²) in [5.41, 5.74) is 1.23. The van der Waals surface area contributed by atoms with E-state index in [4.69, 9.17) is 14.2 Å². The molecule has 2 heterocycles. The number of ether oxygens (including phenoxy) is 3. The number of para-hydroxylation sites is 1. The second kappa shape index (κ2) is 6.67. The number of likely N-dealkylation sites (tertiary alicyclic amines) is 1. The van der Waals surface area contributed by atoms with Crippen molar-refractivity contribution in [1.29, 1.82) is 0 Å². The van der Waals surface area contributed by atoms with Crippen molar-refractivity contribution in [1.82, 2.24) is 4.90 Å². The van der Waals surface area contributed by atoms with Crippen molar-refractivity contribution in [3.05, 3.63) is 23.8 Å². The van der Waals surface area contributed by atoms with Crippen LogP contribution in [0.2, 0.25) is 0 Å². The van der Waals surface area contributed by atoms with Gasteiger partial charge in [0.1, 0.15) is 0 Å². The largest absolute Gasteiger partial charge is 0.454 e. The van der Waals surface area contributed by atoms with Crippen LogP contribution >= 0.6 is 0 Å². The fourth-order valence-electron chi connectivity index (χ4n) is 2.92. The molecule has 0 unspecified atom stereocenters. The molecule has 1 aromatic carbocycles. The van der Waals surface area contributed by atoms with E-state index in [2.05, 4.69) is 24.8 Å². The van der Waals surface area contributed by atoms with Crippen molar-refractivity contribution in [3.63, 3.8) is 0 Å². The minimum Gasteiger partial charge on any atom is -0.454 e. The van der Waals surface area contributed by atoms with E-state index in [1.807, 2.05) is 12.1 Å². The summed E-state index contributed by atoms with van der Waals surface area (Å²) >= 11 is 0. The maximum absolute atomic E-state index is 5.95. The van der Waals surface area contributed by atoms with Gasteiger partial charge in [-0.15, -0.1) is 0 Å².